The van der Waals surface area contributed by atoms with Gasteiger partial charge in [0.15, 0.2) is 0 Å². The second-order valence-corrected chi connectivity index (χ2v) is 11.1. The lowest BCUT2D eigenvalue weighted by atomic mass is 10.0. The van der Waals surface area contributed by atoms with Crippen LogP contribution < -0.4 is 16.5 Å². The van der Waals surface area contributed by atoms with Crippen LogP contribution in [-0.2, 0) is 31.8 Å². The number of benzene rings is 3. The molecule has 2 heterocycles. The van der Waals surface area contributed by atoms with E-state index in [0.29, 0.717) is 5.56 Å². The summed E-state index contributed by atoms with van der Waals surface area (Å²) in [5, 5.41) is 2.59. The molecule has 4 aromatic rings. The minimum atomic E-state index is -2.26. The van der Waals surface area contributed by atoms with E-state index in [4.69, 9.17) is 24.2 Å². The zero-order chi connectivity index (χ0) is 30.6. The Morgan fingerprint density at radius 2 is 1.80 bits per heavy atom. The summed E-state index contributed by atoms with van der Waals surface area (Å²) in [6.07, 6.45) is -1.09. The average Bonchev–Trinajstić information content (AvgIpc) is 3.60. The number of ether oxygens (including phenoxy) is 3. The molecule has 1 aliphatic carbocycles. The number of hydrogen-bond acceptors (Lipinski definition) is 10. The lowest BCUT2D eigenvalue weighted by molar-refractivity contribution is -0.0561. The first kappa shape index (κ1) is 29.6. The molecule has 13 heteroatoms. The van der Waals surface area contributed by atoms with Crippen LogP contribution in [0.15, 0.2) is 89.9 Å². The van der Waals surface area contributed by atoms with Crippen LogP contribution in [0.5, 0.6) is 0 Å². The summed E-state index contributed by atoms with van der Waals surface area (Å²) in [6.45, 7) is -0.238. The van der Waals surface area contributed by atoms with Crippen LogP contribution in [0.3, 0.4) is 0 Å². The van der Waals surface area contributed by atoms with Crippen molar-refractivity contribution in [2.45, 2.75) is 37.9 Å². The highest BCUT2D eigenvalue weighted by atomic mass is 31.2. The van der Waals surface area contributed by atoms with Crippen molar-refractivity contribution < 1.29 is 33.2 Å². The topological polar surface area (TPSA) is 164 Å². The van der Waals surface area contributed by atoms with E-state index in [9.17, 15) is 19.3 Å². The van der Waals surface area contributed by atoms with Gasteiger partial charge in [-0.3, -0.25) is 14.9 Å². The summed E-state index contributed by atoms with van der Waals surface area (Å²) in [4.78, 5) is 51.4. The van der Waals surface area contributed by atoms with Crippen molar-refractivity contribution in [3.8, 4) is 11.1 Å². The number of hydrogen-bond donors (Lipinski definition) is 3. The molecule has 1 aliphatic heterocycles. The normalized spacial score (nSPS) is 19.1. The van der Waals surface area contributed by atoms with E-state index in [1.165, 1.54) is 28.0 Å². The van der Waals surface area contributed by atoms with Crippen LogP contribution >= 0.6 is 8.53 Å². The largest absolute Gasteiger partial charge is 0.508 e. The van der Waals surface area contributed by atoms with Gasteiger partial charge in [-0.2, -0.15) is 4.98 Å². The van der Waals surface area contributed by atoms with Gasteiger partial charge in [-0.1, -0.05) is 60.7 Å². The van der Waals surface area contributed by atoms with E-state index in [0.717, 1.165) is 23.1 Å². The Labute approximate surface area is 253 Å². The minimum Gasteiger partial charge on any atom is -0.431 e. The van der Waals surface area contributed by atoms with E-state index >= 15 is 0 Å². The van der Waals surface area contributed by atoms with Crippen LogP contribution in [0.2, 0.25) is 0 Å². The molecule has 0 radical (unpaired) electrons. The Bertz CT molecular complexity index is 1730. The highest BCUT2D eigenvalue weighted by molar-refractivity contribution is 7.43. The zero-order valence-electron chi connectivity index (χ0n) is 23.4. The molecule has 1 unspecified atom stereocenters. The molecule has 0 saturated carbocycles. The van der Waals surface area contributed by atoms with Crippen molar-refractivity contribution in [1.29, 1.82) is 0 Å². The first-order valence-electron chi connectivity index (χ1n) is 13.9. The molecule has 4 atom stereocenters. The zero-order valence-corrected chi connectivity index (χ0v) is 24.3. The molecule has 0 spiro atoms. The highest BCUT2D eigenvalue weighted by Crippen LogP contribution is 2.39. The van der Waals surface area contributed by atoms with Crippen LogP contribution in [0, 0.1) is 0 Å². The van der Waals surface area contributed by atoms with Crippen molar-refractivity contribution in [2.24, 2.45) is 5.50 Å². The molecule has 226 valence electrons. The summed E-state index contributed by atoms with van der Waals surface area (Å²) in [5.74, 6) is -0.340. The monoisotopic (exact) mass is 616 g/mol. The highest BCUT2D eigenvalue weighted by Gasteiger charge is 2.40. The maximum Gasteiger partial charge on any atom is 0.508 e. The number of nitrogens with zero attached hydrogens (tertiary/aromatic N) is 2. The summed E-state index contributed by atoms with van der Waals surface area (Å²) in [6, 6.07) is 24.1. The third-order valence-corrected chi connectivity index (χ3v) is 7.99. The van der Waals surface area contributed by atoms with Gasteiger partial charge < -0.3 is 28.9 Å². The Hall–Kier alpha value is -4.45. The molecular formula is C31H29N4O8P. The Kier molecular flexibility index (Phi) is 8.78. The van der Waals surface area contributed by atoms with Crippen molar-refractivity contribution in [2.75, 3.05) is 11.9 Å². The molecule has 1 aromatic heterocycles. The fourth-order valence-corrected chi connectivity index (χ4v) is 5.94. The average molecular weight is 617 g/mol. The summed E-state index contributed by atoms with van der Waals surface area (Å²) >= 11 is 0. The lowest BCUT2D eigenvalue weighted by Crippen LogP contribution is -2.30. The molecule has 1 amide bonds. The summed E-state index contributed by atoms with van der Waals surface area (Å²) in [5.41, 5.74) is 10.8. The second kappa shape index (κ2) is 13.0. The lowest BCUT2D eigenvalue weighted by Gasteiger charge is -2.19. The molecule has 0 bridgehead atoms. The first-order chi connectivity index (χ1) is 21.4. The number of nitrogens with two attached hydrogens (primary N) is 1. The van der Waals surface area contributed by atoms with Crippen molar-refractivity contribution in [1.82, 2.24) is 9.55 Å². The number of carbonyl (C=O) groups is 2. The molecule has 2 aliphatic rings. The Morgan fingerprint density at radius 3 is 2.59 bits per heavy atom. The van der Waals surface area contributed by atoms with Crippen LogP contribution in [0.4, 0.5) is 10.6 Å². The number of carbonyl (C=O) groups excluding carboxylic acids is 2. The maximum absolute atomic E-state index is 12.8. The predicted molar refractivity (Wildman–Crippen MR) is 160 cm³/mol. The molecule has 3 aromatic carbocycles. The SMILES string of the molecule is NP(O)O[C@H]1C[C@H](n2ccc(NC(=O)c3ccccc3)nc2=O)O[C@@H]1COC(=O)OCc1cccc2c1Cc1ccccc1-2. The third-order valence-electron chi connectivity index (χ3n) is 7.50. The van der Waals surface area contributed by atoms with Crippen LogP contribution in [0.25, 0.3) is 11.1 Å². The van der Waals surface area contributed by atoms with Gasteiger partial charge in [-0.15, -0.1) is 0 Å². The quantitative estimate of drug-likeness (QED) is 0.161. The van der Waals surface area contributed by atoms with Gasteiger partial charge >= 0.3 is 11.8 Å². The number of nitrogens with one attached hydrogen (secondary N) is 1. The maximum atomic E-state index is 12.8. The third kappa shape index (κ3) is 6.54. The number of rotatable bonds is 9. The number of amides is 1. The fraction of sp³-hybridized carbons (Fsp3) is 0.226. The molecule has 1 fully saturated rings. The standard InChI is InChI=1S/C31H29N4O8P/c32-44(39)43-25-16-28(35-14-13-27(34-30(35)37)33-29(36)19-7-2-1-3-8-19)42-26(25)18-41-31(38)40-17-21-10-6-12-23-22-11-5-4-9-20(22)15-24(21)23/h1-14,25-26,28,39H,15-18,32H2,(H,33,34,36,37)/t25-,26+,28+,44?/m0/s1. The van der Waals surface area contributed by atoms with Crippen molar-refractivity contribution in [3.63, 3.8) is 0 Å². The van der Waals surface area contributed by atoms with Gasteiger partial charge in [0.2, 0.25) is 8.53 Å². The smallest absolute Gasteiger partial charge is 0.431 e. The number of anilines is 1. The summed E-state index contributed by atoms with van der Waals surface area (Å²) < 4.78 is 23.4. The molecule has 1 saturated heterocycles. The van der Waals surface area contributed by atoms with Gasteiger partial charge in [0.1, 0.15) is 31.4 Å². The molecule has 6 rings (SSSR count). The van der Waals surface area contributed by atoms with Gasteiger partial charge in [0, 0.05) is 18.2 Å². The number of aromatic nitrogens is 2. The molecule has 4 N–H and O–H groups in total. The molecule has 12 nitrogen and oxygen atoms in total. The van der Waals surface area contributed by atoms with Crippen molar-refractivity contribution >= 4 is 26.4 Å². The van der Waals surface area contributed by atoms with Crippen LogP contribution in [-0.4, -0.2) is 45.3 Å². The first-order valence-corrected chi connectivity index (χ1v) is 15.1. The van der Waals surface area contributed by atoms with E-state index < -0.39 is 44.7 Å². The van der Waals surface area contributed by atoms with E-state index in [-0.39, 0.29) is 25.5 Å². The van der Waals surface area contributed by atoms with E-state index in [1.807, 2.05) is 24.3 Å². The van der Waals surface area contributed by atoms with Gasteiger partial charge in [-0.05, 0) is 52.4 Å². The Balaban J connectivity index is 1.06. The fourth-order valence-electron chi connectivity index (χ4n) is 5.44. The van der Waals surface area contributed by atoms with Gasteiger partial charge in [0.05, 0.1) is 6.10 Å². The minimum absolute atomic E-state index is 0.0308. The molecular weight excluding hydrogens is 587 g/mol. The molecule has 44 heavy (non-hydrogen) atoms. The van der Waals surface area contributed by atoms with Crippen molar-refractivity contribution in [3.05, 3.63) is 118 Å². The van der Waals surface area contributed by atoms with Crippen LogP contribution in [0.1, 0.15) is 39.7 Å². The summed E-state index contributed by atoms with van der Waals surface area (Å²) in [7, 11) is -2.26. The number of fused-ring (bicyclic) bond motifs is 3. The second-order valence-electron chi connectivity index (χ2n) is 10.3. The Morgan fingerprint density at radius 1 is 1.02 bits per heavy atom. The van der Waals surface area contributed by atoms with Gasteiger partial charge in [-0.25, -0.2) is 9.59 Å². The van der Waals surface area contributed by atoms with E-state index in [1.54, 1.807) is 30.3 Å². The predicted octanol–water partition coefficient (Wildman–Crippen LogP) is 4.27. The van der Waals surface area contributed by atoms with E-state index in [2.05, 4.69) is 28.5 Å². The van der Waals surface area contributed by atoms with Gasteiger partial charge in [0.25, 0.3) is 5.91 Å².